The summed E-state index contributed by atoms with van der Waals surface area (Å²) in [5.74, 6) is 0. The summed E-state index contributed by atoms with van der Waals surface area (Å²) in [6.45, 7) is 0.706. The second-order valence-corrected chi connectivity index (χ2v) is 3.73. The number of hydrogen-bond acceptors (Lipinski definition) is 3. The zero-order valence-electron chi connectivity index (χ0n) is 9.00. The molecule has 2 rings (SSSR count). The third-order valence-corrected chi connectivity index (χ3v) is 2.79. The first-order chi connectivity index (χ1) is 7.74. The highest BCUT2D eigenvalue weighted by Gasteiger charge is 2.34. The van der Waals surface area contributed by atoms with Crippen LogP contribution in [-0.2, 0) is 0 Å². The maximum Gasteiger partial charge on any atom is 0.321 e. The smallest absolute Gasteiger partial charge is 0.319 e. The summed E-state index contributed by atoms with van der Waals surface area (Å²) >= 11 is 0. The number of urea groups is 1. The fraction of sp³-hybridized carbons (Fsp3) is 0.364. The Kier molecular flexibility index (Phi) is 2.73. The van der Waals surface area contributed by atoms with E-state index in [1.807, 2.05) is 18.2 Å². The summed E-state index contributed by atoms with van der Waals surface area (Å²) in [5, 5.41) is 8.62. The van der Waals surface area contributed by atoms with Crippen LogP contribution in [0.4, 0.5) is 4.79 Å². The molecule has 1 unspecified atom stereocenters. The minimum Gasteiger partial charge on any atom is -0.319 e. The second-order valence-electron chi connectivity index (χ2n) is 3.73. The van der Waals surface area contributed by atoms with Crippen molar-refractivity contribution >= 4 is 6.03 Å². The van der Waals surface area contributed by atoms with Crippen molar-refractivity contribution in [2.24, 2.45) is 0 Å². The maximum atomic E-state index is 11.8. The third-order valence-electron chi connectivity index (χ3n) is 2.79. The molecular weight excluding hydrogens is 204 g/mol. The number of likely N-dealkylation sites (N-methyl/N-ethyl adjacent to an activating group) is 1. The van der Waals surface area contributed by atoms with E-state index in [0.717, 1.165) is 5.56 Å². The molecule has 5 nitrogen and oxygen atoms in total. The molecule has 0 N–H and O–H groups in total. The van der Waals surface area contributed by atoms with E-state index >= 15 is 0 Å². The van der Waals surface area contributed by atoms with Crippen molar-refractivity contribution in [3.8, 4) is 6.07 Å². The molecule has 5 heteroatoms. The molecule has 1 atom stereocenters. The van der Waals surface area contributed by atoms with E-state index in [-0.39, 0.29) is 18.6 Å². The molecule has 2 amide bonds. The van der Waals surface area contributed by atoms with Gasteiger partial charge < -0.3 is 9.80 Å². The van der Waals surface area contributed by atoms with Crippen LogP contribution in [0, 0.1) is 11.3 Å². The van der Waals surface area contributed by atoms with Crippen LogP contribution in [-0.4, -0.2) is 41.0 Å². The first-order valence-corrected chi connectivity index (χ1v) is 5.02. The highest BCUT2D eigenvalue weighted by molar-refractivity contribution is 5.77. The molecule has 0 spiro atoms. The average Bonchev–Trinajstić information content (AvgIpc) is 2.59. The quantitative estimate of drug-likeness (QED) is 0.693. The Balaban J connectivity index is 2.20. The highest BCUT2D eigenvalue weighted by atomic mass is 16.2. The Hall–Kier alpha value is -2.09. The van der Waals surface area contributed by atoms with Gasteiger partial charge in [0.05, 0.1) is 12.1 Å². The van der Waals surface area contributed by atoms with Gasteiger partial charge in [-0.2, -0.15) is 5.26 Å². The number of rotatable bonds is 2. The number of nitrogens with zero attached hydrogens (tertiary/aromatic N) is 4. The zero-order valence-corrected chi connectivity index (χ0v) is 9.00. The Bertz CT molecular complexity index is 425. The third kappa shape index (κ3) is 1.70. The summed E-state index contributed by atoms with van der Waals surface area (Å²) in [4.78, 5) is 18.9. The number of carbonyl (C=O) groups excluding carboxylic acids is 1. The molecule has 0 aliphatic carbocycles. The van der Waals surface area contributed by atoms with Gasteiger partial charge in [-0.15, -0.1) is 0 Å². The van der Waals surface area contributed by atoms with Crippen LogP contribution in [0.3, 0.4) is 0 Å². The lowest BCUT2D eigenvalue weighted by atomic mass is 10.1. The monoisotopic (exact) mass is 216 g/mol. The molecule has 0 saturated carbocycles. The first kappa shape index (κ1) is 10.4. The number of aromatic nitrogens is 1. The fourth-order valence-corrected chi connectivity index (χ4v) is 1.90. The van der Waals surface area contributed by atoms with Crippen molar-refractivity contribution in [2.45, 2.75) is 6.04 Å². The molecule has 1 aliphatic rings. The second kappa shape index (κ2) is 4.19. The summed E-state index contributed by atoms with van der Waals surface area (Å²) in [6.07, 6.45) is 3.42. The lowest BCUT2D eigenvalue weighted by Crippen LogP contribution is -2.29. The molecule has 1 fully saturated rings. The van der Waals surface area contributed by atoms with Gasteiger partial charge in [-0.05, 0) is 17.7 Å². The van der Waals surface area contributed by atoms with Crippen LogP contribution in [0.1, 0.15) is 11.6 Å². The molecule has 1 aromatic rings. The SMILES string of the molecule is CN1C(=O)N(CC#N)CC1c1ccncc1. The fourth-order valence-electron chi connectivity index (χ4n) is 1.90. The maximum absolute atomic E-state index is 11.8. The standard InChI is InChI=1S/C11H12N4O/c1-14-10(9-2-5-13-6-3-9)8-15(7-4-12)11(14)16/h2-3,5-6,10H,7-8H2,1H3. The van der Waals surface area contributed by atoms with Gasteiger partial charge in [-0.3, -0.25) is 4.98 Å². The minimum atomic E-state index is -0.0941. The average molecular weight is 216 g/mol. The largest absolute Gasteiger partial charge is 0.321 e. The molecule has 0 bridgehead atoms. The van der Waals surface area contributed by atoms with Crippen molar-refractivity contribution in [1.29, 1.82) is 5.26 Å². The van der Waals surface area contributed by atoms with Crippen LogP contribution in [0.15, 0.2) is 24.5 Å². The van der Waals surface area contributed by atoms with Crippen LogP contribution >= 0.6 is 0 Å². The van der Waals surface area contributed by atoms with Crippen LogP contribution in [0.2, 0.25) is 0 Å². The van der Waals surface area contributed by atoms with Gasteiger partial charge in [-0.25, -0.2) is 4.79 Å². The molecular formula is C11H12N4O. The van der Waals surface area contributed by atoms with Gasteiger partial charge in [0.2, 0.25) is 0 Å². The predicted octanol–water partition coefficient (Wildman–Crippen LogP) is 1.01. The highest BCUT2D eigenvalue weighted by Crippen LogP contribution is 2.26. The van der Waals surface area contributed by atoms with E-state index < -0.39 is 0 Å². The molecule has 1 aliphatic heterocycles. The topological polar surface area (TPSA) is 60.2 Å². The number of carbonyl (C=O) groups is 1. The van der Waals surface area contributed by atoms with Gasteiger partial charge in [0.25, 0.3) is 0 Å². The molecule has 82 valence electrons. The lowest BCUT2D eigenvalue weighted by Gasteiger charge is -2.17. The molecule has 16 heavy (non-hydrogen) atoms. The van der Waals surface area contributed by atoms with Crippen LogP contribution in [0.25, 0.3) is 0 Å². The van der Waals surface area contributed by atoms with Crippen LogP contribution < -0.4 is 0 Å². The van der Waals surface area contributed by atoms with Crippen molar-refractivity contribution in [3.05, 3.63) is 30.1 Å². The predicted molar refractivity (Wildman–Crippen MR) is 57.3 cm³/mol. The summed E-state index contributed by atoms with van der Waals surface area (Å²) in [5.41, 5.74) is 1.05. The Morgan fingerprint density at radius 3 is 2.88 bits per heavy atom. The van der Waals surface area contributed by atoms with Gasteiger partial charge >= 0.3 is 6.03 Å². The number of nitriles is 1. The molecule has 1 aromatic heterocycles. The Labute approximate surface area is 93.9 Å². The first-order valence-electron chi connectivity index (χ1n) is 5.02. The normalized spacial score (nSPS) is 20.0. The van der Waals surface area contributed by atoms with Crippen molar-refractivity contribution in [2.75, 3.05) is 20.1 Å². The van der Waals surface area contributed by atoms with Gasteiger partial charge in [0, 0.05) is 26.0 Å². The van der Waals surface area contributed by atoms with E-state index in [0.29, 0.717) is 6.54 Å². The molecule has 0 radical (unpaired) electrons. The molecule has 1 saturated heterocycles. The van der Waals surface area contributed by atoms with Gasteiger partial charge in [0.15, 0.2) is 0 Å². The number of amides is 2. The van der Waals surface area contributed by atoms with Crippen molar-refractivity contribution < 1.29 is 4.79 Å². The van der Waals surface area contributed by atoms with E-state index in [9.17, 15) is 4.79 Å². The van der Waals surface area contributed by atoms with Crippen LogP contribution in [0.5, 0.6) is 0 Å². The number of pyridine rings is 1. The Morgan fingerprint density at radius 1 is 1.56 bits per heavy atom. The lowest BCUT2D eigenvalue weighted by molar-refractivity contribution is 0.199. The summed E-state index contributed by atoms with van der Waals surface area (Å²) in [7, 11) is 1.75. The number of hydrogen-bond donors (Lipinski definition) is 0. The minimum absolute atomic E-state index is 0.0175. The van der Waals surface area contributed by atoms with Crippen molar-refractivity contribution in [3.63, 3.8) is 0 Å². The summed E-state index contributed by atoms with van der Waals surface area (Å²) < 4.78 is 0. The summed E-state index contributed by atoms with van der Waals surface area (Å²) in [6, 6.07) is 5.71. The van der Waals surface area contributed by atoms with E-state index in [1.165, 1.54) is 0 Å². The zero-order chi connectivity index (χ0) is 11.5. The molecule has 0 aromatic carbocycles. The Morgan fingerprint density at radius 2 is 2.25 bits per heavy atom. The van der Waals surface area contributed by atoms with E-state index in [2.05, 4.69) is 4.98 Å². The van der Waals surface area contributed by atoms with E-state index in [1.54, 1.807) is 29.2 Å². The molecule has 2 heterocycles. The van der Waals surface area contributed by atoms with Crippen molar-refractivity contribution in [1.82, 2.24) is 14.8 Å². The van der Waals surface area contributed by atoms with Gasteiger partial charge in [-0.1, -0.05) is 0 Å². The van der Waals surface area contributed by atoms with Gasteiger partial charge in [0.1, 0.15) is 6.54 Å². The van der Waals surface area contributed by atoms with E-state index in [4.69, 9.17) is 5.26 Å².